The van der Waals surface area contributed by atoms with Crippen LogP contribution < -0.4 is 10.9 Å². The number of benzene rings is 1. The van der Waals surface area contributed by atoms with Crippen molar-refractivity contribution in [2.24, 2.45) is 0 Å². The molecule has 0 saturated carbocycles. The van der Waals surface area contributed by atoms with Crippen molar-refractivity contribution in [1.29, 1.82) is 0 Å². The molecule has 1 aromatic carbocycles. The fraction of sp³-hybridized carbons (Fsp3) is 0.312. The molecular formula is C16H13ClFN5O4. The SMILES string of the molecule is O=C(Nc1cc(Cl)c([N+](=O)[O-])cc1F)N1C2CCC1c1n[nH]c(=O)cc1C2. The summed E-state index contributed by atoms with van der Waals surface area (Å²) in [6.07, 6.45) is 1.89. The maximum atomic E-state index is 14.2. The van der Waals surface area contributed by atoms with Gasteiger partial charge in [0.1, 0.15) is 5.02 Å². The summed E-state index contributed by atoms with van der Waals surface area (Å²) in [5.41, 5.74) is 0.316. The number of hydrogen-bond donors (Lipinski definition) is 2. The fourth-order valence-electron chi connectivity index (χ4n) is 3.77. The number of carbonyl (C=O) groups is 1. The van der Waals surface area contributed by atoms with Crippen molar-refractivity contribution < 1.29 is 14.1 Å². The molecule has 2 aliphatic rings. The maximum Gasteiger partial charge on any atom is 0.322 e. The van der Waals surface area contributed by atoms with Crippen LogP contribution >= 0.6 is 11.6 Å². The van der Waals surface area contributed by atoms with E-state index in [1.165, 1.54) is 6.07 Å². The number of aromatic nitrogens is 2. The number of hydrogen-bond acceptors (Lipinski definition) is 5. The summed E-state index contributed by atoms with van der Waals surface area (Å²) in [4.78, 5) is 35.8. The third kappa shape index (κ3) is 2.91. The zero-order chi connectivity index (χ0) is 19.3. The van der Waals surface area contributed by atoms with E-state index in [0.29, 0.717) is 24.6 Å². The van der Waals surface area contributed by atoms with Gasteiger partial charge in [0, 0.05) is 12.1 Å². The smallest absolute Gasteiger partial charge is 0.313 e. The lowest BCUT2D eigenvalue weighted by Gasteiger charge is -2.35. The summed E-state index contributed by atoms with van der Waals surface area (Å²) >= 11 is 5.80. The number of urea groups is 1. The summed E-state index contributed by atoms with van der Waals surface area (Å²) in [6.45, 7) is 0. The Bertz CT molecular complexity index is 1030. The molecular weight excluding hydrogens is 381 g/mol. The zero-order valence-corrected chi connectivity index (χ0v) is 14.5. The lowest BCUT2D eigenvalue weighted by molar-refractivity contribution is -0.384. The van der Waals surface area contributed by atoms with Gasteiger partial charge in [-0.05, 0) is 30.9 Å². The number of nitrogens with zero attached hydrogens (tertiary/aromatic N) is 3. The lowest BCUT2D eigenvalue weighted by atomic mass is 9.99. The molecule has 0 spiro atoms. The molecule has 2 amide bonds. The van der Waals surface area contributed by atoms with Crippen LogP contribution in [0.1, 0.15) is 30.1 Å². The first-order valence-electron chi connectivity index (χ1n) is 8.16. The Hall–Kier alpha value is -3.01. The molecule has 3 heterocycles. The number of nitro benzene ring substituents is 1. The van der Waals surface area contributed by atoms with Gasteiger partial charge in [0.25, 0.3) is 11.2 Å². The second-order valence-corrected chi connectivity index (χ2v) is 6.88. The van der Waals surface area contributed by atoms with Gasteiger partial charge in [-0.2, -0.15) is 5.10 Å². The van der Waals surface area contributed by atoms with Crippen LogP contribution in [-0.4, -0.2) is 32.1 Å². The Balaban J connectivity index is 1.61. The van der Waals surface area contributed by atoms with E-state index in [9.17, 15) is 24.1 Å². The Morgan fingerprint density at radius 2 is 2.19 bits per heavy atom. The van der Waals surface area contributed by atoms with Crippen LogP contribution in [0.2, 0.25) is 5.02 Å². The number of nitro groups is 1. The second-order valence-electron chi connectivity index (χ2n) is 6.47. The topological polar surface area (TPSA) is 121 Å². The number of amides is 2. The van der Waals surface area contributed by atoms with Gasteiger partial charge in [0.05, 0.1) is 28.4 Å². The summed E-state index contributed by atoms with van der Waals surface area (Å²) < 4.78 is 14.2. The monoisotopic (exact) mass is 393 g/mol. The van der Waals surface area contributed by atoms with Crippen LogP contribution in [0.25, 0.3) is 0 Å². The Morgan fingerprint density at radius 3 is 2.93 bits per heavy atom. The van der Waals surface area contributed by atoms with E-state index in [-0.39, 0.29) is 28.4 Å². The van der Waals surface area contributed by atoms with Gasteiger partial charge in [-0.15, -0.1) is 0 Å². The number of halogens is 2. The normalized spacial score (nSPS) is 20.3. The van der Waals surface area contributed by atoms with Gasteiger partial charge in [-0.1, -0.05) is 11.6 Å². The molecule has 2 unspecified atom stereocenters. The summed E-state index contributed by atoms with van der Waals surface area (Å²) in [6, 6.07) is 2.16. The molecule has 2 N–H and O–H groups in total. The van der Waals surface area contributed by atoms with Crippen LogP contribution in [-0.2, 0) is 6.42 Å². The third-order valence-corrected chi connectivity index (χ3v) is 5.21. The third-order valence-electron chi connectivity index (χ3n) is 4.90. The van der Waals surface area contributed by atoms with E-state index >= 15 is 0 Å². The molecule has 2 bridgehead atoms. The van der Waals surface area contributed by atoms with Crippen LogP contribution in [0.15, 0.2) is 23.0 Å². The van der Waals surface area contributed by atoms with Crippen LogP contribution in [0.4, 0.5) is 20.6 Å². The van der Waals surface area contributed by atoms with Crippen LogP contribution in [0.3, 0.4) is 0 Å². The minimum atomic E-state index is -0.952. The number of aromatic amines is 1. The first kappa shape index (κ1) is 17.4. The maximum absolute atomic E-state index is 14.2. The van der Waals surface area contributed by atoms with E-state index in [2.05, 4.69) is 15.5 Å². The Labute approximate surface area is 156 Å². The van der Waals surface area contributed by atoms with E-state index in [1.807, 2.05) is 0 Å². The van der Waals surface area contributed by atoms with E-state index in [0.717, 1.165) is 18.1 Å². The average molecular weight is 394 g/mol. The molecule has 1 aromatic heterocycles. The second kappa shape index (κ2) is 6.31. The van der Waals surface area contributed by atoms with Gasteiger partial charge < -0.3 is 10.2 Å². The highest BCUT2D eigenvalue weighted by molar-refractivity contribution is 6.33. The minimum Gasteiger partial charge on any atom is -0.313 e. The largest absolute Gasteiger partial charge is 0.322 e. The number of anilines is 1. The predicted octanol–water partition coefficient (Wildman–Crippen LogP) is 2.76. The molecule has 1 fully saturated rings. The van der Waals surface area contributed by atoms with Gasteiger partial charge in [-0.3, -0.25) is 14.9 Å². The predicted molar refractivity (Wildman–Crippen MR) is 93.2 cm³/mol. The van der Waals surface area contributed by atoms with Gasteiger partial charge in [0.2, 0.25) is 0 Å². The van der Waals surface area contributed by atoms with Crippen molar-refractivity contribution in [2.45, 2.75) is 31.3 Å². The number of carbonyl (C=O) groups excluding carboxylic acids is 1. The first-order valence-corrected chi connectivity index (χ1v) is 8.54. The molecule has 2 aromatic rings. The van der Waals surface area contributed by atoms with Crippen molar-refractivity contribution in [2.75, 3.05) is 5.32 Å². The highest BCUT2D eigenvalue weighted by Crippen LogP contribution is 2.42. The number of rotatable bonds is 2. The van der Waals surface area contributed by atoms with Crippen molar-refractivity contribution >= 4 is 29.0 Å². The number of H-pyrrole nitrogens is 1. The standard InChI is InChI=1S/C16H13ClFN5O4/c17-9-5-11(10(18)6-13(9)23(26)27)19-16(25)22-8-1-2-12(22)15-7(3-8)4-14(24)20-21-15/h4-6,8,12H,1-3H2,(H,19,25)(H,20,24). The Morgan fingerprint density at radius 1 is 1.41 bits per heavy atom. The van der Waals surface area contributed by atoms with Gasteiger partial charge in [-0.25, -0.2) is 14.3 Å². The molecule has 9 nitrogen and oxygen atoms in total. The molecule has 2 atom stereocenters. The molecule has 27 heavy (non-hydrogen) atoms. The number of fused-ring (bicyclic) bond motifs is 4. The van der Waals surface area contributed by atoms with Gasteiger partial charge >= 0.3 is 6.03 Å². The first-order chi connectivity index (χ1) is 12.8. The van der Waals surface area contributed by atoms with Crippen molar-refractivity contribution in [3.8, 4) is 0 Å². The quantitative estimate of drug-likeness (QED) is 0.600. The molecule has 0 aliphatic carbocycles. The fourth-order valence-corrected chi connectivity index (χ4v) is 4.00. The van der Waals surface area contributed by atoms with E-state index < -0.39 is 22.5 Å². The van der Waals surface area contributed by atoms with Crippen molar-refractivity contribution in [3.63, 3.8) is 0 Å². The minimum absolute atomic E-state index is 0.136. The van der Waals surface area contributed by atoms with Crippen LogP contribution in [0, 0.1) is 15.9 Å². The average Bonchev–Trinajstić information content (AvgIpc) is 2.92. The molecule has 140 valence electrons. The van der Waals surface area contributed by atoms with Crippen LogP contribution in [0.5, 0.6) is 0 Å². The molecule has 11 heteroatoms. The summed E-state index contributed by atoms with van der Waals surface area (Å²) in [5.74, 6) is -0.952. The summed E-state index contributed by atoms with van der Waals surface area (Å²) in [7, 11) is 0. The van der Waals surface area contributed by atoms with Crippen molar-refractivity contribution in [1.82, 2.24) is 15.1 Å². The lowest BCUT2D eigenvalue weighted by Crippen LogP contribution is -2.45. The highest BCUT2D eigenvalue weighted by Gasteiger charge is 2.44. The van der Waals surface area contributed by atoms with E-state index in [1.54, 1.807) is 4.90 Å². The highest BCUT2D eigenvalue weighted by atomic mass is 35.5. The van der Waals surface area contributed by atoms with Gasteiger partial charge in [0.15, 0.2) is 5.82 Å². The Kier molecular flexibility index (Phi) is 4.06. The van der Waals surface area contributed by atoms with Crippen molar-refractivity contribution in [3.05, 3.63) is 60.8 Å². The zero-order valence-electron chi connectivity index (χ0n) is 13.7. The molecule has 1 saturated heterocycles. The molecule has 2 aliphatic heterocycles. The van der Waals surface area contributed by atoms with E-state index in [4.69, 9.17) is 11.6 Å². The number of nitrogens with one attached hydrogen (secondary N) is 2. The summed E-state index contributed by atoms with van der Waals surface area (Å²) in [5, 5.41) is 19.4. The molecule has 4 rings (SSSR count). The molecule has 0 radical (unpaired) electrons.